The van der Waals surface area contributed by atoms with Crippen molar-refractivity contribution in [2.45, 2.75) is 38.7 Å². The van der Waals surface area contributed by atoms with E-state index in [2.05, 4.69) is 16.8 Å². The van der Waals surface area contributed by atoms with Gasteiger partial charge in [-0.25, -0.2) is 4.98 Å². The Kier molecular flexibility index (Phi) is 4.33. The highest BCUT2D eigenvalue weighted by atomic mass is 35.5. The molecule has 2 atom stereocenters. The Balaban J connectivity index is 2.17. The summed E-state index contributed by atoms with van der Waals surface area (Å²) >= 11 is 6.27. The molecular formula is C14H21ClN2O. The highest BCUT2D eigenvalue weighted by Crippen LogP contribution is 2.31. The number of aromatic nitrogens is 1. The average Bonchev–Trinajstić information content (AvgIpc) is 2.33. The van der Waals surface area contributed by atoms with Gasteiger partial charge < -0.3 is 9.64 Å². The van der Waals surface area contributed by atoms with Crippen LogP contribution in [0.2, 0.25) is 0 Å². The molecule has 0 spiro atoms. The Morgan fingerprint density at radius 2 is 2.28 bits per heavy atom. The van der Waals surface area contributed by atoms with E-state index in [9.17, 15) is 0 Å². The van der Waals surface area contributed by atoms with Crippen molar-refractivity contribution in [3.05, 3.63) is 18.3 Å². The monoisotopic (exact) mass is 268 g/mol. The predicted octanol–water partition coefficient (Wildman–Crippen LogP) is 3.32. The summed E-state index contributed by atoms with van der Waals surface area (Å²) in [5, 5.41) is 0.277. The van der Waals surface area contributed by atoms with Crippen molar-refractivity contribution in [2.24, 2.45) is 5.92 Å². The summed E-state index contributed by atoms with van der Waals surface area (Å²) in [6, 6.07) is 3.90. The summed E-state index contributed by atoms with van der Waals surface area (Å²) in [5.41, 5.74) is 0. The van der Waals surface area contributed by atoms with Gasteiger partial charge in [0, 0.05) is 24.7 Å². The van der Waals surface area contributed by atoms with Crippen LogP contribution in [0.1, 0.15) is 27.2 Å². The number of pyridine rings is 1. The molecule has 2 rings (SSSR count). The SMILES string of the molecule is CC(C)Oc1cccnc1N1CCC(Cl)C(C)C1. The Morgan fingerprint density at radius 3 is 2.94 bits per heavy atom. The molecule has 0 N–H and O–H groups in total. The second-order valence-electron chi connectivity index (χ2n) is 5.22. The summed E-state index contributed by atoms with van der Waals surface area (Å²) in [6.45, 7) is 8.15. The number of nitrogens with zero attached hydrogens (tertiary/aromatic N) is 2. The van der Waals surface area contributed by atoms with Crippen LogP contribution in [-0.2, 0) is 0 Å². The van der Waals surface area contributed by atoms with Gasteiger partial charge in [0.1, 0.15) is 0 Å². The fourth-order valence-corrected chi connectivity index (χ4v) is 2.45. The molecule has 3 nitrogen and oxygen atoms in total. The zero-order chi connectivity index (χ0) is 13.1. The molecule has 0 amide bonds. The van der Waals surface area contributed by atoms with Crippen LogP contribution in [0.4, 0.5) is 5.82 Å². The molecule has 1 aromatic heterocycles. The molecule has 2 unspecified atom stereocenters. The van der Waals surface area contributed by atoms with Gasteiger partial charge in [-0.15, -0.1) is 11.6 Å². The molecule has 1 aliphatic heterocycles. The molecule has 0 aromatic carbocycles. The molecule has 4 heteroatoms. The minimum absolute atomic E-state index is 0.163. The van der Waals surface area contributed by atoms with Crippen LogP contribution in [-0.4, -0.2) is 29.6 Å². The van der Waals surface area contributed by atoms with Gasteiger partial charge in [-0.3, -0.25) is 0 Å². The third-order valence-electron chi connectivity index (χ3n) is 3.21. The predicted molar refractivity (Wildman–Crippen MR) is 75.6 cm³/mol. The van der Waals surface area contributed by atoms with Crippen molar-refractivity contribution in [1.29, 1.82) is 0 Å². The number of hydrogen-bond donors (Lipinski definition) is 0. The maximum Gasteiger partial charge on any atom is 0.171 e. The molecule has 0 radical (unpaired) electrons. The number of ether oxygens (including phenoxy) is 1. The van der Waals surface area contributed by atoms with Gasteiger partial charge >= 0.3 is 0 Å². The maximum atomic E-state index is 6.27. The number of rotatable bonds is 3. The second kappa shape index (κ2) is 5.79. The largest absolute Gasteiger partial charge is 0.487 e. The Bertz CT molecular complexity index is 397. The lowest BCUT2D eigenvalue weighted by Gasteiger charge is -2.35. The molecule has 0 bridgehead atoms. The second-order valence-corrected chi connectivity index (χ2v) is 5.78. The quantitative estimate of drug-likeness (QED) is 0.787. The summed E-state index contributed by atoms with van der Waals surface area (Å²) in [6.07, 6.45) is 2.98. The van der Waals surface area contributed by atoms with Crippen LogP contribution in [0.25, 0.3) is 0 Å². The van der Waals surface area contributed by atoms with Crippen LogP contribution in [0.5, 0.6) is 5.75 Å². The Labute approximate surface area is 114 Å². The third-order valence-corrected chi connectivity index (χ3v) is 3.86. The fraction of sp³-hybridized carbons (Fsp3) is 0.643. The summed E-state index contributed by atoms with van der Waals surface area (Å²) in [7, 11) is 0. The average molecular weight is 269 g/mol. The molecule has 18 heavy (non-hydrogen) atoms. The van der Waals surface area contributed by atoms with E-state index in [-0.39, 0.29) is 11.5 Å². The molecule has 0 aliphatic carbocycles. The van der Waals surface area contributed by atoms with Gasteiger partial charge in [-0.1, -0.05) is 6.92 Å². The molecule has 0 saturated carbocycles. The number of hydrogen-bond acceptors (Lipinski definition) is 3. The van der Waals surface area contributed by atoms with Crippen molar-refractivity contribution >= 4 is 17.4 Å². The fourth-order valence-electron chi connectivity index (χ4n) is 2.27. The van der Waals surface area contributed by atoms with Gasteiger partial charge in [0.05, 0.1) is 6.10 Å². The molecule has 2 heterocycles. The van der Waals surface area contributed by atoms with E-state index in [1.807, 2.05) is 32.2 Å². The lowest BCUT2D eigenvalue weighted by molar-refractivity contribution is 0.241. The Hall–Kier alpha value is -0.960. The lowest BCUT2D eigenvalue weighted by atomic mass is 9.99. The first-order chi connectivity index (χ1) is 8.58. The normalized spacial score (nSPS) is 24.4. The molecule has 1 saturated heterocycles. The zero-order valence-corrected chi connectivity index (χ0v) is 12.0. The van der Waals surface area contributed by atoms with Gasteiger partial charge in [0.25, 0.3) is 0 Å². The van der Waals surface area contributed by atoms with E-state index < -0.39 is 0 Å². The van der Waals surface area contributed by atoms with Gasteiger partial charge in [0.15, 0.2) is 11.6 Å². The molecule has 1 fully saturated rings. The Morgan fingerprint density at radius 1 is 1.50 bits per heavy atom. The first-order valence-electron chi connectivity index (χ1n) is 6.58. The molecular weight excluding hydrogens is 248 g/mol. The minimum Gasteiger partial charge on any atom is -0.487 e. The van der Waals surface area contributed by atoms with E-state index >= 15 is 0 Å². The molecule has 100 valence electrons. The first kappa shape index (κ1) is 13.5. The van der Waals surface area contributed by atoms with Gasteiger partial charge in [0.2, 0.25) is 0 Å². The van der Waals surface area contributed by atoms with Crippen molar-refractivity contribution in [3.63, 3.8) is 0 Å². The van der Waals surface area contributed by atoms with Crippen molar-refractivity contribution in [2.75, 3.05) is 18.0 Å². The summed E-state index contributed by atoms with van der Waals surface area (Å²) in [4.78, 5) is 6.75. The maximum absolute atomic E-state index is 6.27. The van der Waals surface area contributed by atoms with E-state index in [1.165, 1.54) is 0 Å². The van der Waals surface area contributed by atoms with Crippen LogP contribution >= 0.6 is 11.6 Å². The minimum atomic E-state index is 0.163. The van der Waals surface area contributed by atoms with Crippen LogP contribution in [0, 0.1) is 5.92 Å². The number of piperidine rings is 1. The standard InChI is InChI=1S/C14H21ClN2O/c1-10(2)18-13-5-4-7-16-14(13)17-8-6-12(15)11(3)9-17/h4-5,7,10-12H,6,8-9H2,1-3H3. The van der Waals surface area contributed by atoms with Crippen LogP contribution < -0.4 is 9.64 Å². The van der Waals surface area contributed by atoms with Gasteiger partial charge in [-0.2, -0.15) is 0 Å². The van der Waals surface area contributed by atoms with Crippen molar-refractivity contribution in [1.82, 2.24) is 4.98 Å². The van der Waals surface area contributed by atoms with Gasteiger partial charge in [-0.05, 0) is 38.3 Å². The number of alkyl halides is 1. The topological polar surface area (TPSA) is 25.4 Å². The van der Waals surface area contributed by atoms with Crippen molar-refractivity contribution < 1.29 is 4.74 Å². The highest BCUT2D eigenvalue weighted by molar-refractivity contribution is 6.20. The zero-order valence-electron chi connectivity index (χ0n) is 11.3. The van der Waals surface area contributed by atoms with Crippen LogP contribution in [0.15, 0.2) is 18.3 Å². The number of halogens is 1. The lowest BCUT2D eigenvalue weighted by Crippen LogP contribution is -2.40. The molecule has 1 aromatic rings. The van der Waals surface area contributed by atoms with Crippen LogP contribution in [0.3, 0.4) is 0 Å². The summed E-state index contributed by atoms with van der Waals surface area (Å²) < 4.78 is 5.82. The van der Waals surface area contributed by atoms with E-state index in [0.29, 0.717) is 5.92 Å². The van der Waals surface area contributed by atoms with E-state index in [0.717, 1.165) is 31.1 Å². The third kappa shape index (κ3) is 3.08. The van der Waals surface area contributed by atoms with E-state index in [1.54, 1.807) is 0 Å². The highest BCUT2D eigenvalue weighted by Gasteiger charge is 2.26. The number of anilines is 1. The molecule has 1 aliphatic rings. The summed E-state index contributed by atoms with van der Waals surface area (Å²) in [5.74, 6) is 2.30. The van der Waals surface area contributed by atoms with Crippen molar-refractivity contribution in [3.8, 4) is 5.75 Å². The smallest absolute Gasteiger partial charge is 0.171 e. The van der Waals surface area contributed by atoms with E-state index in [4.69, 9.17) is 16.3 Å². The first-order valence-corrected chi connectivity index (χ1v) is 7.02.